The number of halogens is 2. The fourth-order valence-electron chi connectivity index (χ4n) is 2.47. The minimum atomic E-state index is -3.69. The van der Waals surface area contributed by atoms with Crippen molar-refractivity contribution in [1.29, 1.82) is 0 Å². The van der Waals surface area contributed by atoms with Gasteiger partial charge < -0.3 is 9.32 Å². The van der Waals surface area contributed by atoms with Crippen LogP contribution in [-0.4, -0.2) is 49.7 Å². The molecule has 24 heavy (non-hydrogen) atoms. The first-order valence-electron chi connectivity index (χ1n) is 7.18. The van der Waals surface area contributed by atoms with Crippen molar-refractivity contribution in [2.75, 3.05) is 26.2 Å². The van der Waals surface area contributed by atoms with Gasteiger partial charge in [0.15, 0.2) is 10.4 Å². The average Bonchev–Trinajstić information content (AvgIpc) is 3.01. The summed E-state index contributed by atoms with van der Waals surface area (Å²) in [5.41, 5.74) is 0. The Morgan fingerprint density at radius 2 is 1.67 bits per heavy atom. The second-order valence-corrected chi connectivity index (χ2v) is 7.97. The van der Waals surface area contributed by atoms with Crippen LogP contribution in [0.3, 0.4) is 0 Å². The molecule has 0 spiro atoms. The number of nitrogens with zero attached hydrogens (tertiary/aromatic N) is 2. The highest BCUT2D eigenvalue weighted by atomic mass is 79.9. The van der Waals surface area contributed by atoms with Crippen LogP contribution in [0.5, 0.6) is 0 Å². The van der Waals surface area contributed by atoms with Gasteiger partial charge in [0.2, 0.25) is 10.0 Å². The van der Waals surface area contributed by atoms with E-state index in [-0.39, 0.29) is 42.7 Å². The summed E-state index contributed by atoms with van der Waals surface area (Å²) in [6, 6.07) is 7.89. The highest BCUT2D eigenvalue weighted by Crippen LogP contribution is 2.20. The number of piperazine rings is 1. The molecule has 1 amide bonds. The van der Waals surface area contributed by atoms with E-state index >= 15 is 0 Å². The molecule has 6 nitrogen and oxygen atoms in total. The molecule has 0 atom stereocenters. The summed E-state index contributed by atoms with van der Waals surface area (Å²) in [4.78, 5) is 13.9. The summed E-state index contributed by atoms with van der Waals surface area (Å²) < 4.78 is 45.0. The average molecular weight is 417 g/mol. The Morgan fingerprint density at radius 1 is 1.04 bits per heavy atom. The van der Waals surface area contributed by atoms with Gasteiger partial charge in [-0.3, -0.25) is 4.79 Å². The zero-order chi connectivity index (χ0) is 17.3. The summed E-state index contributed by atoms with van der Waals surface area (Å²) in [7, 11) is -3.69. The van der Waals surface area contributed by atoms with Gasteiger partial charge in [0, 0.05) is 26.2 Å². The van der Waals surface area contributed by atoms with Gasteiger partial charge in [0.1, 0.15) is 5.82 Å². The van der Waals surface area contributed by atoms with Crippen LogP contribution < -0.4 is 0 Å². The molecule has 128 valence electrons. The Labute approximate surface area is 147 Å². The minimum Gasteiger partial charge on any atom is -0.444 e. The van der Waals surface area contributed by atoms with Gasteiger partial charge in [0.05, 0.1) is 4.90 Å². The lowest BCUT2D eigenvalue weighted by molar-refractivity contribution is 0.0664. The van der Waals surface area contributed by atoms with Crippen LogP contribution in [0, 0.1) is 5.82 Å². The van der Waals surface area contributed by atoms with Crippen molar-refractivity contribution in [1.82, 2.24) is 9.21 Å². The highest BCUT2D eigenvalue weighted by molar-refractivity contribution is 9.10. The van der Waals surface area contributed by atoms with E-state index in [4.69, 9.17) is 4.42 Å². The number of benzene rings is 1. The molecule has 0 N–H and O–H groups in total. The molecule has 1 aromatic carbocycles. The van der Waals surface area contributed by atoms with Crippen molar-refractivity contribution >= 4 is 31.9 Å². The van der Waals surface area contributed by atoms with Gasteiger partial charge in [-0.25, -0.2) is 12.8 Å². The third-order valence-electron chi connectivity index (χ3n) is 3.76. The van der Waals surface area contributed by atoms with Crippen LogP contribution in [0.25, 0.3) is 0 Å². The van der Waals surface area contributed by atoms with Crippen molar-refractivity contribution in [2.24, 2.45) is 0 Å². The maximum Gasteiger partial charge on any atom is 0.289 e. The maximum atomic E-state index is 13.0. The van der Waals surface area contributed by atoms with E-state index in [2.05, 4.69) is 15.9 Å². The quantitative estimate of drug-likeness (QED) is 0.769. The topological polar surface area (TPSA) is 70.8 Å². The molecule has 0 radical (unpaired) electrons. The monoisotopic (exact) mass is 416 g/mol. The summed E-state index contributed by atoms with van der Waals surface area (Å²) in [6.45, 7) is 0.871. The molecule has 0 aliphatic carbocycles. The number of amides is 1. The molecule has 1 saturated heterocycles. The standard InChI is InChI=1S/C15H14BrFN2O4S/c16-14-6-5-13(23-14)15(20)18-7-9-19(10-8-18)24(21,22)12-3-1-11(17)2-4-12/h1-6H,7-10H2. The first kappa shape index (κ1) is 17.1. The van der Waals surface area contributed by atoms with Crippen molar-refractivity contribution in [3.63, 3.8) is 0 Å². The largest absolute Gasteiger partial charge is 0.444 e. The number of carbonyl (C=O) groups is 1. The first-order chi connectivity index (χ1) is 11.4. The fourth-order valence-corrected chi connectivity index (χ4v) is 4.20. The maximum absolute atomic E-state index is 13.0. The van der Waals surface area contributed by atoms with Crippen LogP contribution in [0.4, 0.5) is 4.39 Å². The van der Waals surface area contributed by atoms with Gasteiger partial charge in [0.25, 0.3) is 5.91 Å². The number of hydrogen-bond donors (Lipinski definition) is 0. The Bertz CT molecular complexity index is 843. The molecule has 1 aliphatic rings. The highest BCUT2D eigenvalue weighted by Gasteiger charge is 2.31. The van der Waals surface area contributed by atoms with Crippen LogP contribution in [0.1, 0.15) is 10.6 Å². The third kappa shape index (κ3) is 3.38. The molecule has 2 heterocycles. The van der Waals surface area contributed by atoms with Crippen molar-refractivity contribution in [3.05, 3.63) is 52.6 Å². The molecule has 2 aromatic rings. The summed E-state index contributed by atoms with van der Waals surface area (Å²) in [6.07, 6.45) is 0. The number of carbonyl (C=O) groups excluding carboxylic acids is 1. The van der Waals surface area contributed by atoms with Crippen molar-refractivity contribution in [3.8, 4) is 0 Å². The summed E-state index contributed by atoms with van der Waals surface area (Å²) >= 11 is 3.14. The van der Waals surface area contributed by atoms with E-state index in [0.717, 1.165) is 12.1 Å². The molecule has 1 fully saturated rings. The van der Waals surface area contributed by atoms with Gasteiger partial charge in [-0.05, 0) is 52.3 Å². The molecule has 0 bridgehead atoms. The molecule has 3 rings (SSSR count). The second-order valence-electron chi connectivity index (χ2n) is 5.25. The Kier molecular flexibility index (Phi) is 4.75. The zero-order valence-corrected chi connectivity index (χ0v) is 14.9. The third-order valence-corrected chi connectivity index (χ3v) is 6.10. The molecule has 1 aliphatic heterocycles. The number of hydrogen-bond acceptors (Lipinski definition) is 4. The molecular weight excluding hydrogens is 403 g/mol. The molecular formula is C15H14BrFN2O4S. The number of sulfonamides is 1. The van der Waals surface area contributed by atoms with E-state index < -0.39 is 15.8 Å². The molecule has 9 heteroatoms. The van der Waals surface area contributed by atoms with E-state index in [1.165, 1.54) is 16.4 Å². The van der Waals surface area contributed by atoms with Crippen molar-refractivity contribution in [2.45, 2.75) is 4.90 Å². The Morgan fingerprint density at radius 3 is 2.21 bits per heavy atom. The van der Waals surface area contributed by atoms with E-state index in [0.29, 0.717) is 4.67 Å². The van der Waals surface area contributed by atoms with Crippen molar-refractivity contribution < 1.29 is 22.0 Å². The van der Waals surface area contributed by atoms with E-state index in [1.54, 1.807) is 17.0 Å². The first-order valence-corrected chi connectivity index (χ1v) is 9.41. The minimum absolute atomic E-state index is 0.0404. The van der Waals surface area contributed by atoms with E-state index in [1.807, 2.05) is 0 Å². The zero-order valence-electron chi connectivity index (χ0n) is 12.5. The van der Waals surface area contributed by atoms with E-state index in [9.17, 15) is 17.6 Å². The van der Waals surface area contributed by atoms with Crippen LogP contribution in [0.2, 0.25) is 0 Å². The summed E-state index contributed by atoms with van der Waals surface area (Å²) in [5.74, 6) is -0.565. The fraction of sp³-hybridized carbons (Fsp3) is 0.267. The van der Waals surface area contributed by atoms with Gasteiger partial charge in [-0.15, -0.1) is 0 Å². The Hall–Kier alpha value is -1.71. The van der Waals surface area contributed by atoms with Gasteiger partial charge in [-0.2, -0.15) is 4.31 Å². The van der Waals surface area contributed by atoms with Crippen LogP contribution in [0.15, 0.2) is 50.4 Å². The second kappa shape index (κ2) is 6.66. The predicted octanol–water partition coefficient (Wildman–Crippen LogP) is 2.33. The van der Waals surface area contributed by atoms with Crippen LogP contribution >= 0.6 is 15.9 Å². The lowest BCUT2D eigenvalue weighted by atomic mass is 10.3. The molecule has 1 aromatic heterocycles. The van der Waals surface area contributed by atoms with Crippen LogP contribution in [-0.2, 0) is 10.0 Å². The normalized spacial score (nSPS) is 16.3. The molecule has 0 saturated carbocycles. The predicted molar refractivity (Wildman–Crippen MR) is 87.5 cm³/mol. The SMILES string of the molecule is O=C(c1ccc(Br)o1)N1CCN(S(=O)(=O)c2ccc(F)cc2)CC1. The smallest absolute Gasteiger partial charge is 0.289 e. The lowest BCUT2D eigenvalue weighted by Crippen LogP contribution is -2.50. The number of furan rings is 1. The van der Waals surface area contributed by atoms with Gasteiger partial charge in [-0.1, -0.05) is 0 Å². The Balaban J connectivity index is 1.68. The summed E-state index contributed by atoms with van der Waals surface area (Å²) in [5, 5.41) is 0. The van der Waals surface area contributed by atoms with Gasteiger partial charge >= 0.3 is 0 Å². The molecule has 0 unspecified atom stereocenters. The number of rotatable bonds is 3. The lowest BCUT2D eigenvalue weighted by Gasteiger charge is -2.33.